The Balaban J connectivity index is -0.000000150. The van der Waals surface area contributed by atoms with Crippen LogP contribution in [0.25, 0.3) is 0 Å². The van der Waals surface area contributed by atoms with Crippen LogP contribution in [0, 0.1) is 0 Å². The van der Waals surface area contributed by atoms with Crippen molar-refractivity contribution in [3.8, 4) is 0 Å². The van der Waals surface area contributed by atoms with E-state index >= 15 is 0 Å². The van der Waals surface area contributed by atoms with E-state index < -0.39 is 7.25 Å². The Hall–Kier alpha value is -0.255. The van der Waals surface area contributed by atoms with E-state index in [-0.39, 0.29) is 7.43 Å². The van der Waals surface area contributed by atoms with Gasteiger partial charge in [0.1, 0.15) is 0 Å². The first-order valence-corrected chi connectivity index (χ1v) is 3.94. The van der Waals surface area contributed by atoms with E-state index in [0.29, 0.717) is 0 Å². The van der Waals surface area contributed by atoms with Crippen molar-refractivity contribution in [2.75, 3.05) is 19.6 Å². The van der Waals surface area contributed by atoms with Crippen molar-refractivity contribution in [2.24, 2.45) is 0 Å². The van der Waals surface area contributed by atoms with Gasteiger partial charge < -0.3 is 22.2 Å². The second-order valence-corrected chi connectivity index (χ2v) is 2.11. The van der Waals surface area contributed by atoms with Crippen molar-refractivity contribution < 1.29 is 17.3 Å². The summed E-state index contributed by atoms with van der Waals surface area (Å²) < 4.78 is 39.0. The third-order valence-corrected chi connectivity index (χ3v) is 1.34. The van der Waals surface area contributed by atoms with Gasteiger partial charge in [0.15, 0.2) is 0 Å². The maximum atomic E-state index is 9.75. The van der Waals surface area contributed by atoms with Gasteiger partial charge in [-0.25, -0.2) is 0 Å². The summed E-state index contributed by atoms with van der Waals surface area (Å²) in [5, 5.41) is 0. The number of hydrogen-bond donors (Lipinski definition) is 0. The summed E-state index contributed by atoms with van der Waals surface area (Å²) in [6.07, 6.45) is 0. The molecule has 1 nitrogen and oxygen atoms in total. The molecule has 0 unspecified atom stereocenters. The van der Waals surface area contributed by atoms with Crippen LogP contribution >= 0.6 is 0 Å². The smallest absolute Gasteiger partial charge is 0.418 e. The van der Waals surface area contributed by atoms with Crippen molar-refractivity contribution in [1.82, 2.24) is 4.90 Å². The molecule has 0 atom stereocenters. The Morgan fingerprint density at radius 2 is 1.00 bits per heavy atom. The Bertz CT molecular complexity index is 81.5. The summed E-state index contributed by atoms with van der Waals surface area (Å²) in [5.41, 5.74) is 0. The molecular formula is C7H19BF4N-. The minimum absolute atomic E-state index is 0. The second-order valence-electron chi connectivity index (χ2n) is 2.11. The summed E-state index contributed by atoms with van der Waals surface area (Å²) in [7, 11) is -6.00. The molecule has 0 aliphatic heterocycles. The first-order chi connectivity index (χ1) is 5.35. The van der Waals surface area contributed by atoms with Crippen LogP contribution in [-0.2, 0) is 0 Å². The molecule has 0 radical (unpaired) electrons. The van der Waals surface area contributed by atoms with E-state index in [4.69, 9.17) is 0 Å². The zero-order chi connectivity index (χ0) is 10.2. The lowest BCUT2D eigenvalue weighted by atomic mass is 10.3. The molecule has 6 heteroatoms. The van der Waals surface area contributed by atoms with Crippen LogP contribution in [0.2, 0.25) is 0 Å². The number of halogens is 4. The van der Waals surface area contributed by atoms with E-state index in [0.717, 1.165) is 0 Å². The Kier molecular flexibility index (Phi) is 14.0. The predicted molar refractivity (Wildman–Crippen MR) is 50.4 cm³/mol. The van der Waals surface area contributed by atoms with E-state index in [9.17, 15) is 17.3 Å². The first kappa shape index (κ1) is 18.5. The SMILES string of the molecule is C.CCN(CC)CC.F[B-](F)(F)F. The average Bonchev–Trinajstić information content (AvgIpc) is 1.88. The number of hydrogen-bond acceptors (Lipinski definition) is 1. The molecule has 84 valence electrons. The van der Waals surface area contributed by atoms with Gasteiger partial charge in [0.2, 0.25) is 0 Å². The highest BCUT2D eigenvalue weighted by atomic mass is 19.5. The molecule has 0 aliphatic carbocycles. The zero-order valence-electron chi connectivity index (χ0n) is 7.66. The van der Waals surface area contributed by atoms with Crippen molar-refractivity contribution >= 4 is 7.25 Å². The van der Waals surface area contributed by atoms with Crippen LogP contribution in [0.1, 0.15) is 28.2 Å². The quantitative estimate of drug-likeness (QED) is 0.503. The van der Waals surface area contributed by atoms with Gasteiger partial charge in [0.05, 0.1) is 0 Å². The maximum absolute atomic E-state index is 9.75. The molecule has 0 rings (SSSR count). The molecule has 0 fully saturated rings. The molecule has 0 N–H and O–H groups in total. The van der Waals surface area contributed by atoms with Crippen LogP contribution in [0.5, 0.6) is 0 Å². The molecule has 0 amide bonds. The van der Waals surface area contributed by atoms with Gasteiger partial charge in [-0.15, -0.1) is 0 Å². The summed E-state index contributed by atoms with van der Waals surface area (Å²) >= 11 is 0. The van der Waals surface area contributed by atoms with Gasteiger partial charge in [-0.2, -0.15) is 0 Å². The van der Waals surface area contributed by atoms with E-state index in [2.05, 4.69) is 25.7 Å². The molecule has 0 aliphatic rings. The second kappa shape index (κ2) is 9.83. The van der Waals surface area contributed by atoms with Crippen molar-refractivity contribution in [1.29, 1.82) is 0 Å². The lowest BCUT2D eigenvalue weighted by Crippen LogP contribution is -2.21. The van der Waals surface area contributed by atoms with Crippen LogP contribution in [-0.4, -0.2) is 31.8 Å². The van der Waals surface area contributed by atoms with Crippen molar-refractivity contribution in [2.45, 2.75) is 28.2 Å². The molecular weight excluding hydrogens is 185 g/mol. The fourth-order valence-corrected chi connectivity index (χ4v) is 0.671. The van der Waals surface area contributed by atoms with Gasteiger partial charge >= 0.3 is 7.25 Å². The molecule has 13 heavy (non-hydrogen) atoms. The summed E-state index contributed by atoms with van der Waals surface area (Å²) in [4.78, 5) is 2.38. The van der Waals surface area contributed by atoms with E-state index in [1.807, 2.05) is 0 Å². The topological polar surface area (TPSA) is 3.24 Å². The monoisotopic (exact) mass is 204 g/mol. The standard InChI is InChI=1S/C6H15N.CH4.BF4/c1-4-7(5-2)6-3;;2-1(3,4)5/h4-6H2,1-3H3;1H4;/q;;-1. The largest absolute Gasteiger partial charge is 0.673 e. The number of rotatable bonds is 3. The Labute approximate surface area is 78.2 Å². The summed E-state index contributed by atoms with van der Waals surface area (Å²) in [5.74, 6) is 0. The van der Waals surface area contributed by atoms with E-state index in [1.54, 1.807) is 0 Å². The fraction of sp³-hybridized carbons (Fsp3) is 1.00. The summed E-state index contributed by atoms with van der Waals surface area (Å²) in [6, 6.07) is 0. The van der Waals surface area contributed by atoms with Gasteiger partial charge in [0, 0.05) is 0 Å². The zero-order valence-corrected chi connectivity index (χ0v) is 7.66. The minimum atomic E-state index is -6.00. The normalized spacial score (nSPS) is 10.2. The summed E-state index contributed by atoms with van der Waals surface area (Å²) in [6.45, 7) is 10.1. The first-order valence-electron chi connectivity index (χ1n) is 3.94. The molecule has 0 heterocycles. The minimum Gasteiger partial charge on any atom is -0.418 e. The Morgan fingerprint density at radius 1 is 0.846 bits per heavy atom. The van der Waals surface area contributed by atoms with Crippen molar-refractivity contribution in [3.05, 3.63) is 0 Å². The molecule has 0 saturated heterocycles. The van der Waals surface area contributed by atoms with Crippen LogP contribution in [0.3, 0.4) is 0 Å². The van der Waals surface area contributed by atoms with Crippen LogP contribution in [0.15, 0.2) is 0 Å². The highest BCUT2D eigenvalue weighted by Crippen LogP contribution is 2.06. The van der Waals surface area contributed by atoms with Gasteiger partial charge in [0.25, 0.3) is 0 Å². The molecule has 0 aromatic rings. The van der Waals surface area contributed by atoms with E-state index in [1.165, 1.54) is 19.6 Å². The molecule has 0 spiro atoms. The van der Waals surface area contributed by atoms with Crippen LogP contribution in [0.4, 0.5) is 17.3 Å². The van der Waals surface area contributed by atoms with Gasteiger partial charge in [-0.1, -0.05) is 28.2 Å². The third kappa shape index (κ3) is 33.8. The highest BCUT2D eigenvalue weighted by molar-refractivity contribution is 6.50. The fourth-order valence-electron chi connectivity index (χ4n) is 0.671. The number of nitrogens with zero attached hydrogens (tertiary/aromatic N) is 1. The molecule has 0 aromatic heterocycles. The maximum Gasteiger partial charge on any atom is 0.673 e. The lowest BCUT2D eigenvalue weighted by molar-refractivity contribution is 0.321. The Morgan fingerprint density at radius 3 is 1.00 bits per heavy atom. The predicted octanol–water partition coefficient (Wildman–Crippen LogP) is 3.28. The van der Waals surface area contributed by atoms with Gasteiger partial charge in [-0.3, -0.25) is 0 Å². The van der Waals surface area contributed by atoms with Crippen LogP contribution < -0.4 is 0 Å². The molecule has 0 saturated carbocycles. The molecule has 0 bridgehead atoms. The van der Waals surface area contributed by atoms with Crippen molar-refractivity contribution in [3.63, 3.8) is 0 Å². The average molecular weight is 204 g/mol. The highest BCUT2D eigenvalue weighted by Gasteiger charge is 2.20. The third-order valence-electron chi connectivity index (χ3n) is 1.34. The lowest BCUT2D eigenvalue weighted by Gasteiger charge is -2.13. The molecule has 0 aromatic carbocycles. The van der Waals surface area contributed by atoms with Gasteiger partial charge in [-0.05, 0) is 19.6 Å².